The van der Waals surface area contributed by atoms with Crippen LogP contribution in [0.5, 0.6) is 5.75 Å². The minimum atomic E-state index is -0.0521. The molecule has 29 heavy (non-hydrogen) atoms. The number of amides is 1. The van der Waals surface area contributed by atoms with E-state index in [2.05, 4.69) is 41.7 Å². The van der Waals surface area contributed by atoms with Gasteiger partial charge in [-0.1, -0.05) is 72.8 Å². The number of aryl methyl sites for hydroxylation is 1. The van der Waals surface area contributed by atoms with E-state index in [1.807, 2.05) is 60.5 Å². The van der Waals surface area contributed by atoms with Crippen molar-refractivity contribution in [2.24, 2.45) is 0 Å². The molecule has 3 rings (SSSR count). The Bertz CT molecular complexity index is 882. The van der Waals surface area contributed by atoms with Gasteiger partial charge in [-0.3, -0.25) is 9.69 Å². The first-order chi connectivity index (χ1) is 14.2. The van der Waals surface area contributed by atoms with Crippen molar-refractivity contribution in [3.8, 4) is 5.75 Å². The zero-order valence-electron chi connectivity index (χ0n) is 16.9. The number of hydrogen-bond donors (Lipinski definition) is 1. The summed E-state index contributed by atoms with van der Waals surface area (Å²) in [5.74, 6) is 0.656. The van der Waals surface area contributed by atoms with Crippen LogP contribution in [0.4, 0.5) is 5.69 Å². The Morgan fingerprint density at radius 2 is 1.48 bits per heavy atom. The molecule has 0 aromatic heterocycles. The summed E-state index contributed by atoms with van der Waals surface area (Å²) in [6.45, 7) is 1.65. The molecule has 4 nitrogen and oxygen atoms in total. The lowest BCUT2D eigenvalue weighted by atomic mass is 10.1. The van der Waals surface area contributed by atoms with E-state index in [0.717, 1.165) is 19.4 Å². The number of para-hydroxylation sites is 2. The molecule has 0 heterocycles. The Morgan fingerprint density at radius 1 is 0.862 bits per heavy atom. The average Bonchev–Trinajstić information content (AvgIpc) is 2.73. The van der Waals surface area contributed by atoms with Crippen LogP contribution in [-0.4, -0.2) is 31.0 Å². The highest BCUT2D eigenvalue weighted by atomic mass is 16.5. The molecule has 150 valence electrons. The Balaban J connectivity index is 1.47. The van der Waals surface area contributed by atoms with E-state index >= 15 is 0 Å². The molecule has 0 aliphatic heterocycles. The van der Waals surface area contributed by atoms with Crippen LogP contribution in [0.3, 0.4) is 0 Å². The van der Waals surface area contributed by atoms with Gasteiger partial charge in [-0.15, -0.1) is 0 Å². The molecular weight excluding hydrogens is 360 g/mol. The number of carbonyl (C=O) groups is 1. The monoisotopic (exact) mass is 388 g/mol. The maximum absolute atomic E-state index is 12.5. The topological polar surface area (TPSA) is 41.6 Å². The van der Waals surface area contributed by atoms with Gasteiger partial charge >= 0.3 is 0 Å². The van der Waals surface area contributed by atoms with Crippen LogP contribution >= 0.6 is 0 Å². The van der Waals surface area contributed by atoms with Crippen molar-refractivity contribution < 1.29 is 9.53 Å². The molecule has 0 radical (unpaired) electrons. The first kappa shape index (κ1) is 20.6. The fraction of sp³-hybridized carbons (Fsp3) is 0.240. The summed E-state index contributed by atoms with van der Waals surface area (Å²) in [4.78, 5) is 14.5. The third kappa shape index (κ3) is 7.09. The number of anilines is 1. The maximum atomic E-state index is 12.5. The van der Waals surface area contributed by atoms with Gasteiger partial charge in [0.15, 0.2) is 0 Å². The number of rotatable bonds is 10. The fourth-order valence-electron chi connectivity index (χ4n) is 3.18. The summed E-state index contributed by atoms with van der Waals surface area (Å²) in [5.41, 5.74) is 3.20. The zero-order chi connectivity index (χ0) is 20.3. The van der Waals surface area contributed by atoms with Crippen LogP contribution in [0.1, 0.15) is 17.5 Å². The second-order valence-electron chi connectivity index (χ2n) is 7.14. The number of benzene rings is 3. The number of nitrogens with zero attached hydrogens (tertiary/aromatic N) is 1. The van der Waals surface area contributed by atoms with Crippen molar-refractivity contribution in [1.29, 1.82) is 0 Å². The predicted molar refractivity (Wildman–Crippen MR) is 118 cm³/mol. The van der Waals surface area contributed by atoms with Crippen molar-refractivity contribution in [2.45, 2.75) is 19.4 Å². The van der Waals surface area contributed by atoms with Gasteiger partial charge in [-0.05, 0) is 43.1 Å². The normalized spacial score (nSPS) is 10.7. The van der Waals surface area contributed by atoms with Gasteiger partial charge in [0.25, 0.3) is 0 Å². The second kappa shape index (κ2) is 11.0. The largest absolute Gasteiger partial charge is 0.491 e. The number of likely N-dealkylation sites (N-methyl/N-ethyl adjacent to an activating group) is 1. The first-order valence-corrected chi connectivity index (χ1v) is 9.99. The molecule has 0 fully saturated rings. The quantitative estimate of drug-likeness (QED) is 0.509. The molecule has 0 spiro atoms. The standard InChI is InChI=1S/C25H28N2O2/c1-27(19-22-13-6-3-7-14-22)20-25(28)26-23-16-8-9-17-24(23)29-18-10-15-21-11-4-2-5-12-21/h2-9,11-14,16-17H,10,15,18-20H2,1H3,(H,26,28). The minimum Gasteiger partial charge on any atom is -0.491 e. The van der Waals surface area contributed by atoms with Gasteiger partial charge in [0.2, 0.25) is 5.91 Å². The number of nitrogens with one attached hydrogen (secondary N) is 1. The highest BCUT2D eigenvalue weighted by Gasteiger charge is 2.10. The highest BCUT2D eigenvalue weighted by molar-refractivity contribution is 5.93. The van der Waals surface area contributed by atoms with Crippen LogP contribution in [0, 0.1) is 0 Å². The van der Waals surface area contributed by atoms with Gasteiger partial charge in [-0.2, -0.15) is 0 Å². The van der Waals surface area contributed by atoms with Crippen LogP contribution < -0.4 is 10.1 Å². The van der Waals surface area contributed by atoms with E-state index in [1.165, 1.54) is 11.1 Å². The predicted octanol–water partition coefficient (Wildman–Crippen LogP) is 4.77. The van der Waals surface area contributed by atoms with E-state index in [4.69, 9.17) is 4.74 Å². The molecule has 0 atom stereocenters. The fourth-order valence-corrected chi connectivity index (χ4v) is 3.18. The maximum Gasteiger partial charge on any atom is 0.238 e. The van der Waals surface area contributed by atoms with Crippen molar-refractivity contribution in [3.05, 3.63) is 96.1 Å². The van der Waals surface area contributed by atoms with E-state index in [9.17, 15) is 4.79 Å². The van der Waals surface area contributed by atoms with Gasteiger partial charge in [-0.25, -0.2) is 0 Å². The molecule has 3 aromatic rings. The highest BCUT2D eigenvalue weighted by Crippen LogP contribution is 2.24. The average molecular weight is 389 g/mol. The van der Waals surface area contributed by atoms with Gasteiger partial charge in [0.1, 0.15) is 5.75 Å². The Kier molecular flexibility index (Phi) is 7.84. The summed E-state index contributed by atoms with van der Waals surface area (Å²) in [5, 5.41) is 2.98. The third-order valence-corrected chi connectivity index (χ3v) is 4.58. The third-order valence-electron chi connectivity index (χ3n) is 4.58. The van der Waals surface area contributed by atoms with E-state index in [0.29, 0.717) is 24.6 Å². The molecular formula is C25H28N2O2. The lowest BCUT2D eigenvalue weighted by molar-refractivity contribution is -0.117. The molecule has 0 saturated heterocycles. The number of carbonyl (C=O) groups excluding carboxylic acids is 1. The Labute approximate surface area is 173 Å². The SMILES string of the molecule is CN(CC(=O)Nc1ccccc1OCCCc1ccccc1)Cc1ccccc1. The molecule has 1 N–H and O–H groups in total. The summed E-state index contributed by atoms with van der Waals surface area (Å²) in [6.07, 6.45) is 1.89. The van der Waals surface area contributed by atoms with E-state index in [1.54, 1.807) is 0 Å². The Hall–Kier alpha value is -3.11. The number of ether oxygens (including phenoxy) is 1. The summed E-state index contributed by atoms with van der Waals surface area (Å²) < 4.78 is 5.93. The lowest BCUT2D eigenvalue weighted by Crippen LogP contribution is -2.30. The van der Waals surface area contributed by atoms with Crippen LogP contribution in [0.25, 0.3) is 0 Å². The van der Waals surface area contributed by atoms with Crippen LogP contribution in [0.15, 0.2) is 84.9 Å². The number of hydrogen-bond acceptors (Lipinski definition) is 3. The first-order valence-electron chi connectivity index (χ1n) is 9.99. The van der Waals surface area contributed by atoms with Gasteiger partial charge in [0, 0.05) is 6.54 Å². The molecule has 0 saturated carbocycles. The summed E-state index contributed by atoms with van der Waals surface area (Å²) >= 11 is 0. The molecule has 3 aromatic carbocycles. The van der Waals surface area contributed by atoms with Crippen LogP contribution in [0.2, 0.25) is 0 Å². The van der Waals surface area contributed by atoms with Gasteiger partial charge < -0.3 is 10.1 Å². The summed E-state index contributed by atoms with van der Waals surface area (Å²) in [6, 6.07) is 28.1. The summed E-state index contributed by atoms with van der Waals surface area (Å²) in [7, 11) is 1.94. The molecule has 0 unspecified atom stereocenters. The second-order valence-corrected chi connectivity index (χ2v) is 7.14. The minimum absolute atomic E-state index is 0.0521. The molecule has 0 bridgehead atoms. The van der Waals surface area contributed by atoms with Crippen molar-refractivity contribution >= 4 is 11.6 Å². The van der Waals surface area contributed by atoms with Crippen molar-refractivity contribution in [2.75, 3.05) is 25.5 Å². The molecule has 1 amide bonds. The van der Waals surface area contributed by atoms with Crippen LogP contribution in [-0.2, 0) is 17.8 Å². The molecule has 0 aliphatic carbocycles. The van der Waals surface area contributed by atoms with Crippen molar-refractivity contribution in [1.82, 2.24) is 4.90 Å². The molecule has 0 aliphatic rings. The smallest absolute Gasteiger partial charge is 0.238 e. The molecule has 4 heteroatoms. The van der Waals surface area contributed by atoms with Gasteiger partial charge in [0.05, 0.1) is 18.8 Å². The lowest BCUT2D eigenvalue weighted by Gasteiger charge is -2.17. The van der Waals surface area contributed by atoms with Crippen molar-refractivity contribution in [3.63, 3.8) is 0 Å². The van der Waals surface area contributed by atoms with E-state index < -0.39 is 0 Å². The van der Waals surface area contributed by atoms with E-state index in [-0.39, 0.29) is 5.91 Å². The zero-order valence-corrected chi connectivity index (χ0v) is 16.9. The Morgan fingerprint density at radius 3 is 2.21 bits per heavy atom.